The molecule has 13 nitrogen and oxygen atoms in total. The second-order valence-corrected chi connectivity index (χ2v) is 15.6. The van der Waals surface area contributed by atoms with E-state index in [9.17, 15) is 33.0 Å². The zero-order valence-corrected chi connectivity index (χ0v) is 30.5. The molecule has 1 aromatic heterocycles. The maximum Gasteiger partial charge on any atom is 0.305 e. The summed E-state index contributed by atoms with van der Waals surface area (Å²) < 4.78 is 37.4. The van der Waals surface area contributed by atoms with Gasteiger partial charge in [-0.1, -0.05) is 62.4 Å². The van der Waals surface area contributed by atoms with E-state index in [4.69, 9.17) is 4.74 Å². The van der Waals surface area contributed by atoms with Gasteiger partial charge in [-0.15, -0.1) is 5.10 Å². The van der Waals surface area contributed by atoms with Gasteiger partial charge in [-0.05, 0) is 73.2 Å². The smallest absolute Gasteiger partial charge is 0.305 e. The topological polar surface area (TPSA) is 181 Å². The number of ether oxygens (including phenoxy) is 1. The molecule has 0 bridgehead atoms. The molecule has 2 atom stereocenters. The van der Waals surface area contributed by atoms with Gasteiger partial charge in [0.25, 0.3) is 0 Å². The van der Waals surface area contributed by atoms with Crippen molar-refractivity contribution in [3.8, 4) is 5.75 Å². The number of hydrogen-bond donors (Lipinski definition) is 3. The number of aliphatic carboxylic acids is 2. The molecule has 272 valence electrons. The number of nitrogens with one attached hydrogen (secondary N) is 1. The predicted octanol–water partition coefficient (Wildman–Crippen LogP) is 5.02. The Morgan fingerprint density at radius 3 is 2.35 bits per heavy atom. The monoisotopic (exact) mass is 719 g/mol. The summed E-state index contributed by atoms with van der Waals surface area (Å²) in [5.74, 6) is -3.34. The lowest BCUT2D eigenvalue weighted by atomic mass is 9.69. The van der Waals surface area contributed by atoms with E-state index in [0.29, 0.717) is 29.8 Å². The van der Waals surface area contributed by atoms with E-state index in [1.54, 1.807) is 42.8 Å². The van der Waals surface area contributed by atoms with Gasteiger partial charge in [0.15, 0.2) is 0 Å². The van der Waals surface area contributed by atoms with Gasteiger partial charge >= 0.3 is 11.9 Å². The molecule has 51 heavy (non-hydrogen) atoms. The van der Waals surface area contributed by atoms with Crippen LogP contribution in [0, 0.1) is 19.3 Å². The first kappa shape index (κ1) is 37.4. The lowest BCUT2D eigenvalue weighted by Gasteiger charge is -2.36. The molecule has 0 saturated carbocycles. The van der Waals surface area contributed by atoms with Crippen molar-refractivity contribution in [3.05, 3.63) is 82.4 Å². The van der Waals surface area contributed by atoms with E-state index in [-0.39, 0.29) is 24.1 Å². The molecule has 0 unspecified atom stereocenters. The van der Waals surface area contributed by atoms with Crippen LogP contribution in [-0.2, 0) is 37.5 Å². The molecule has 2 heterocycles. The lowest BCUT2D eigenvalue weighted by Crippen LogP contribution is -2.47. The van der Waals surface area contributed by atoms with Crippen LogP contribution in [0.5, 0.6) is 5.75 Å². The highest BCUT2D eigenvalue weighted by molar-refractivity contribution is 7.89. The van der Waals surface area contributed by atoms with E-state index >= 15 is 0 Å². The molecule has 14 heteroatoms. The molecule has 0 spiro atoms. The summed E-state index contributed by atoms with van der Waals surface area (Å²) in [7, 11) is -3.94. The van der Waals surface area contributed by atoms with Crippen molar-refractivity contribution >= 4 is 38.9 Å². The SMILES string of the molecule is CC[C@@H]1CN(Cc2cc([C@@H](c3ccc4c(nnn4CC)c3C)C(C)(C)C(=O)NC(CC(=O)O)CC(=O)O)ccc2C)S(=O)(=O)c2ccccc2O1. The minimum Gasteiger partial charge on any atom is -0.488 e. The van der Waals surface area contributed by atoms with Crippen LogP contribution in [0.2, 0.25) is 0 Å². The van der Waals surface area contributed by atoms with Crippen LogP contribution < -0.4 is 10.1 Å². The highest BCUT2D eigenvalue weighted by Crippen LogP contribution is 2.44. The van der Waals surface area contributed by atoms with Crippen LogP contribution in [-0.4, -0.2) is 74.5 Å². The number of carbonyl (C=O) groups excluding carboxylic acids is 1. The number of carboxylic acid groups (broad SMARTS) is 2. The van der Waals surface area contributed by atoms with Gasteiger partial charge in [-0.2, -0.15) is 4.31 Å². The van der Waals surface area contributed by atoms with Crippen molar-refractivity contribution < 1.29 is 37.8 Å². The molecule has 3 N–H and O–H groups in total. The molecule has 4 aromatic rings. The first-order valence-corrected chi connectivity index (χ1v) is 18.4. The average molecular weight is 720 g/mol. The number of nitrogens with zero attached hydrogens (tertiary/aromatic N) is 4. The Labute approximate surface area is 297 Å². The second kappa shape index (κ2) is 14.8. The number of amides is 1. The third-order valence-electron chi connectivity index (χ3n) is 9.75. The Bertz CT molecular complexity index is 2060. The summed E-state index contributed by atoms with van der Waals surface area (Å²) in [4.78, 5) is 37.5. The van der Waals surface area contributed by atoms with Crippen LogP contribution in [0.4, 0.5) is 0 Å². The fraction of sp³-hybridized carbons (Fsp3) is 0.432. The number of carbonyl (C=O) groups is 3. The molecule has 5 rings (SSSR count). The van der Waals surface area contributed by atoms with Crippen molar-refractivity contribution in [3.63, 3.8) is 0 Å². The number of rotatable bonds is 13. The van der Waals surface area contributed by atoms with Gasteiger partial charge in [-0.3, -0.25) is 14.4 Å². The second-order valence-electron chi connectivity index (χ2n) is 13.7. The van der Waals surface area contributed by atoms with E-state index in [2.05, 4.69) is 15.6 Å². The van der Waals surface area contributed by atoms with E-state index in [0.717, 1.165) is 27.8 Å². The number of sulfonamides is 1. The molecule has 0 aliphatic carbocycles. The number of benzene rings is 3. The van der Waals surface area contributed by atoms with Gasteiger partial charge < -0.3 is 20.3 Å². The number of carboxylic acids is 2. The normalized spacial score (nSPS) is 16.6. The maximum atomic E-state index is 14.2. The first-order chi connectivity index (χ1) is 24.1. The minimum absolute atomic E-state index is 0.0533. The molecular weight excluding hydrogens is 675 g/mol. The Morgan fingerprint density at radius 1 is 1.02 bits per heavy atom. The van der Waals surface area contributed by atoms with Crippen molar-refractivity contribution in [2.75, 3.05) is 6.54 Å². The van der Waals surface area contributed by atoms with Crippen LogP contribution in [0.1, 0.15) is 80.7 Å². The van der Waals surface area contributed by atoms with Crippen molar-refractivity contribution in [2.45, 2.75) is 96.9 Å². The Hall–Kier alpha value is -4.82. The highest BCUT2D eigenvalue weighted by atomic mass is 32.2. The number of aryl methyl sites for hydroxylation is 3. The first-order valence-electron chi connectivity index (χ1n) is 17.0. The maximum absolute atomic E-state index is 14.2. The van der Waals surface area contributed by atoms with Crippen molar-refractivity contribution in [1.82, 2.24) is 24.6 Å². The van der Waals surface area contributed by atoms with Crippen LogP contribution in [0.25, 0.3) is 11.0 Å². The third kappa shape index (κ3) is 7.61. The summed E-state index contributed by atoms with van der Waals surface area (Å²) in [6, 6.07) is 15.0. The van der Waals surface area contributed by atoms with Crippen LogP contribution in [0.3, 0.4) is 0 Å². The minimum atomic E-state index is -3.94. The summed E-state index contributed by atoms with van der Waals surface area (Å²) >= 11 is 0. The molecule has 1 aliphatic heterocycles. The standard InChI is InChI=1S/C37H45N5O8S/c1-7-27-21-41(51(48,49)31-12-10-9-11-30(31)50-27)20-25-17-24(14-13-22(25)3)34(28-15-16-29-35(23(28)4)39-40-42(29)8-2)37(5,6)36(47)38-26(18-32(43)44)19-33(45)46/h9-17,26-27,34H,7-8,18-21H2,1-6H3,(H,38,47)(H,43,44)(H,45,46)/t27-,34+/m1/s1. The zero-order valence-electron chi connectivity index (χ0n) is 29.7. The molecule has 0 radical (unpaired) electrons. The van der Waals surface area contributed by atoms with Crippen molar-refractivity contribution in [2.24, 2.45) is 5.41 Å². The lowest BCUT2D eigenvalue weighted by molar-refractivity contribution is -0.140. The third-order valence-corrected chi connectivity index (χ3v) is 11.6. The molecule has 3 aromatic carbocycles. The zero-order chi connectivity index (χ0) is 37.2. The van der Waals surface area contributed by atoms with Gasteiger partial charge in [0.1, 0.15) is 22.3 Å². The van der Waals surface area contributed by atoms with E-state index in [1.165, 1.54) is 4.31 Å². The molecule has 0 saturated heterocycles. The predicted molar refractivity (Wildman–Crippen MR) is 190 cm³/mol. The Balaban J connectivity index is 1.62. The number of hydrogen-bond acceptors (Lipinski definition) is 8. The molecule has 1 amide bonds. The summed E-state index contributed by atoms with van der Waals surface area (Å²) in [5.41, 5.74) is 4.08. The molecular formula is C37H45N5O8S. The van der Waals surface area contributed by atoms with Gasteiger partial charge in [0.05, 0.1) is 30.3 Å². The average Bonchev–Trinajstić information content (AvgIpc) is 3.45. The molecule has 0 fully saturated rings. The summed E-state index contributed by atoms with van der Waals surface area (Å²) in [5, 5.41) is 30.3. The summed E-state index contributed by atoms with van der Waals surface area (Å²) in [6.07, 6.45) is -0.888. The quantitative estimate of drug-likeness (QED) is 0.170. The summed E-state index contributed by atoms with van der Waals surface area (Å²) in [6.45, 7) is 12.0. The van der Waals surface area contributed by atoms with Crippen molar-refractivity contribution in [1.29, 1.82) is 0 Å². The fourth-order valence-electron chi connectivity index (χ4n) is 6.85. The number of para-hydroxylation sites is 1. The number of aromatic nitrogens is 3. The highest BCUT2D eigenvalue weighted by Gasteiger charge is 2.42. The fourth-order valence-corrected chi connectivity index (χ4v) is 8.42. The van der Waals surface area contributed by atoms with Crippen LogP contribution >= 0.6 is 0 Å². The van der Waals surface area contributed by atoms with Gasteiger partial charge in [0.2, 0.25) is 15.9 Å². The van der Waals surface area contributed by atoms with E-state index in [1.807, 2.05) is 58.0 Å². The number of fused-ring (bicyclic) bond motifs is 2. The van der Waals surface area contributed by atoms with E-state index < -0.39 is 58.1 Å². The Kier molecular flexibility index (Phi) is 10.9. The van der Waals surface area contributed by atoms with Gasteiger partial charge in [-0.25, -0.2) is 13.1 Å². The molecule has 1 aliphatic rings. The largest absolute Gasteiger partial charge is 0.488 e. The van der Waals surface area contributed by atoms with Crippen LogP contribution in [0.15, 0.2) is 59.5 Å². The van der Waals surface area contributed by atoms with Gasteiger partial charge in [0, 0.05) is 25.0 Å². The Morgan fingerprint density at radius 2 is 1.71 bits per heavy atom.